The van der Waals surface area contributed by atoms with E-state index in [1.165, 1.54) is 12.8 Å². The van der Waals surface area contributed by atoms with E-state index in [-0.39, 0.29) is 12.0 Å². The number of hydrogen-bond donors (Lipinski definition) is 1. The quantitative estimate of drug-likeness (QED) is 0.860. The van der Waals surface area contributed by atoms with Gasteiger partial charge in [-0.15, -0.1) is 0 Å². The number of nitrogens with zero attached hydrogens (tertiary/aromatic N) is 1. The zero-order valence-corrected chi connectivity index (χ0v) is 15.4. The van der Waals surface area contributed by atoms with E-state index in [0.29, 0.717) is 17.2 Å². The Balaban J connectivity index is 1.63. The van der Waals surface area contributed by atoms with Crippen LogP contribution in [0.2, 0.25) is 0 Å². The molecule has 5 heteroatoms. The molecule has 1 aliphatic heterocycles. The van der Waals surface area contributed by atoms with Crippen LogP contribution < -0.4 is 14.8 Å². The third kappa shape index (κ3) is 4.88. The van der Waals surface area contributed by atoms with Gasteiger partial charge in [-0.3, -0.25) is 4.79 Å². The molecule has 0 atom stereocenters. The summed E-state index contributed by atoms with van der Waals surface area (Å²) in [6, 6.07) is 5.47. The van der Waals surface area contributed by atoms with E-state index in [2.05, 4.69) is 17.3 Å². The van der Waals surface area contributed by atoms with Crippen LogP contribution in [0.3, 0.4) is 0 Å². The molecular formula is C20H30N2O3. The molecule has 25 heavy (non-hydrogen) atoms. The summed E-state index contributed by atoms with van der Waals surface area (Å²) >= 11 is 0. The Morgan fingerprint density at radius 1 is 1.20 bits per heavy atom. The minimum Gasteiger partial charge on any atom is -0.497 e. The van der Waals surface area contributed by atoms with Gasteiger partial charge in [-0.2, -0.15) is 0 Å². The molecule has 138 valence electrons. The van der Waals surface area contributed by atoms with E-state index >= 15 is 0 Å². The number of carbonyl (C=O) groups excluding carboxylic acids is 1. The second-order valence-electron chi connectivity index (χ2n) is 7.34. The Morgan fingerprint density at radius 3 is 2.60 bits per heavy atom. The molecule has 0 aromatic heterocycles. The van der Waals surface area contributed by atoms with Gasteiger partial charge >= 0.3 is 0 Å². The Kier molecular flexibility index (Phi) is 6.19. The van der Waals surface area contributed by atoms with Gasteiger partial charge in [0.05, 0.1) is 18.8 Å². The summed E-state index contributed by atoms with van der Waals surface area (Å²) in [5.74, 6) is 1.89. The SMILES string of the molecule is COc1ccc(C(=O)NCC2CCN(C)CC2)c(OC2CCCC2)c1. The lowest BCUT2D eigenvalue weighted by molar-refractivity contribution is 0.0931. The summed E-state index contributed by atoms with van der Waals surface area (Å²) in [6.45, 7) is 2.96. The molecule has 5 nitrogen and oxygen atoms in total. The molecule has 3 rings (SSSR count). The van der Waals surface area contributed by atoms with Crippen LogP contribution in [0, 0.1) is 5.92 Å². The van der Waals surface area contributed by atoms with Crippen molar-refractivity contribution in [1.29, 1.82) is 0 Å². The minimum atomic E-state index is -0.0467. The average molecular weight is 346 g/mol. The number of benzene rings is 1. The molecule has 1 N–H and O–H groups in total. The zero-order valence-electron chi connectivity index (χ0n) is 15.4. The number of carbonyl (C=O) groups is 1. The van der Waals surface area contributed by atoms with Crippen molar-refractivity contribution in [2.24, 2.45) is 5.92 Å². The zero-order chi connectivity index (χ0) is 17.6. The van der Waals surface area contributed by atoms with Crippen molar-refractivity contribution in [3.63, 3.8) is 0 Å². The first kappa shape index (κ1) is 18.1. The fraction of sp³-hybridized carbons (Fsp3) is 0.650. The molecule has 0 unspecified atom stereocenters. The van der Waals surface area contributed by atoms with E-state index in [9.17, 15) is 4.79 Å². The van der Waals surface area contributed by atoms with Gasteiger partial charge in [0.15, 0.2) is 0 Å². The van der Waals surface area contributed by atoms with Crippen molar-refractivity contribution in [2.75, 3.05) is 33.8 Å². The molecule has 1 saturated carbocycles. The van der Waals surface area contributed by atoms with Gasteiger partial charge in [-0.25, -0.2) is 0 Å². The van der Waals surface area contributed by atoms with Gasteiger partial charge in [0, 0.05) is 12.6 Å². The maximum atomic E-state index is 12.7. The predicted octanol–water partition coefficient (Wildman–Crippen LogP) is 3.09. The summed E-state index contributed by atoms with van der Waals surface area (Å²) in [6.07, 6.45) is 7.03. The van der Waals surface area contributed by atoms with Gasteiger partial charge in [0.1, 0.15) is 11.5 Å². The monoisotopic (exact) mass is 346 g/mol. The predicted molar refractivity (Wildman–Crippen MR) is 98.4 cm³/mol. The van der Waals surface area contributed by atoms with E-state index in [1.54, 1.807) is 7.11 Å². The number of methoxy groups -OCH3 is 1. The summed E-state index contributed by atoms with van der Waals surface area (Å²) in [5.41, 5.74) is 0.612. The van der Waals surface area contributed by atoms with E-state index in [4.69, 9.17) is 9.47 Å². The number of piperidine rings is 1. The van der Waals surface area contributed by atoms with Crippen LogP contribution in [0.25, 0.3) is 0 Å². The molecule has 0 radical (unpaired) electrons. The highest BCUT2D eigenvalue weighted by molar-refractivity contribution is 5.97. The molecule has 1 amide bonds. The smallest absolute Gasteiger partial charge is 0.255 e. The van der Waals surface area contributed by atoms with Gasteiger partial charge in [0.25, 0.3) is 5.91 Å². The third-order valence-electron chi connectivity index (χ3n) is 5.42. The van der Waals surface area contributed by atoms with E-state index in [1.807, 2.05) is 18.2 Å². The normalized spacial score (nSPS) is 19.8. The summed E-state index contributed by atoms with van der Waals surface area (Å²) < 4.78 is 11.4. The van der Waals surface area contributed by atoms with Crippen LogP contribution >= 0.6 is 0 Å². The second-order valence-corrected chi connectivity index (χ2v) is 7.34. The Morgan fingerprint density at radius 2 is 1.92 bits per heavy atom. The molecule has 2 aliphatic rings. The van der Waals surface area contributed by atoms with Gasteiger partial charge < -0.3 is 19.7 Å². The number of hydrogen-bond acceptors (Lipinski definition) is 4. The highest BCUT2D eigenvalue weighted by atomic mass is 16.5. The third-order valence-corrected chi connectivity index (χ3v) is 5.42. The van der Waals surface area contributed by atoms with Crippen molar-refractivity contribution in [3.8, 4) is 11.5 Å². The Hall–Kier alpha value is -1.75. The molecule has 1 aromatic rings. The molecular weight excluding hydrogens is 316 g/mol. The van der Waals surface area contributed by atoms with E-state index in [0.717, 1.165) is 51.1 Å². The lowest BCUT2D eigenvalue weighted by atomic mass is 9.97. The van der Waals surface area contributed by atoms with Gasteiger partial charge in [-0.1, -0.05) is 0 Å². The van der Waals surface area contributed by atoms with Crippen molar-refractivity contribution < 1.29 is 14.3 Å². The standard InChI is InChI=1S/C20H30N2O3/c1-22-11-9-15(10-12-22)14-21-20(23)18-8-7-17(24-2)13-19(18)25-16-5-3-4-6-16/h7-8,13,15-16H,3-6,9-12,14H2,1-2H3,(H,21,23). The number of nitrogens with one attached hydrogen (secondary N) is 1. The highest BCUT2D eigenvalue weighted by Crippen LogP contribution is 2.30. The van der Waals surface area contributed by atoms with Crippen LogP contribution in [-0.2, 0) is 0 Å². The molecule has 1 heterocycles. The van der Waals surface area contributed by atoms with Gasteiger partial charge in [-0.05, 0) is 76.7 Å². The molecule has 0 spiro atoms. The molecule has 0 bridgehead atoms. The fourth-order valence-electron chi connectivity index (χ4n) is 3.70. The number of rotatable bonds is 6. The number of likely N-dealkylation sites (tertiary alicyclic amines) is 1. The van der Waals surface area contributed by atoms with Crippen LogP contribution in [0.15, 0.2) is 18.2 Å². The first-order valence-electron chi connectivity index (χ1n) is 9.47. The molecule has 2 fully saturated rings. The van der Waals surface area contributed by atoms with Crippen LogP contribution in [0.4, 0.5) is 0 Å². The number of ether oxygens (including phenoxy) is 2. The van der Waals surface area contributed by atoms with Gasteiger partial charge in [0.2, 0.25) is 0 Å². The topological polar surface area (TPSA) is 50.8 Å². The van der Waals surface area contributed by atoms with Crippen LogP contribution in [-0.4, -0.2) is 50.7 Å². The van der Waals surface area contributed by atoms with Crippen molar-refractivity contribution in [3.05, 3.63) is 23.8 Å². The summed E-state index contributed by atoms with van der Waals surface area (Å²) in [4.78, 5) is 15.0. The van der Waals surface area contributed by atoms with Crippen molar-refractivity contribution in [2.45, 2.75) is 44.6 Å². The second kappa shape index (κ2) is 8.56. The highest BCUT2D eigenvalue weighted by Gasteiger charge is 2.22. The Labute approximate surface area is 150 Å². The molecule has 1 saturated heterocycles. The lowest BCUT2D eigenvalue weighted by Gasteiger charge is -2.29. The minimum absolute atomic E-state index is 0.0467. The maximum absolute atomic E-state index is 12.7. The van der Waals surface area contributed by atoms with Crippen molar-refractivity contribution in [1.82, 2.24) is 10.2 Å². The average Bonchev–Trinajstić information content (AvgIpc) is 3.14. The maximum Gasteiger partial charge on any atom is 0.255 e. The summed E-state index contributed by atoms with van der Waals surface area (Å²) in [5, 5.41) is 3.11. The summed E-state index contributed by atoms with van der Waals surface area (Å²) in [7, 11) is 3.79. The van der Waals surface area contributed by atoms with E-state index < -0.39 is 0 Å². The molecule has 1 aromatic carbocycles. The number of amides is 1. The van der Waals surface area contributed by atoms with Crippen LogP contribution in [0.1, 0.15) is 48.9 Å². The largest absolute Gasteiger partial charge is 0.497 e. The first-order valence-corrected chi connectivity index (χ1v) is 9.47. The Bertz CT molecular complexity index is 576. The van der Waals surface area contributed by atoms with Crippen molar-refractivity contribution >= 4 is 5.91 Å². The van der Waals surface area contributed by atoms with Crippen LogP contribution in [0.5, 0.6) is 11.5 Å². The fourth-order valence-corrected chi connectivity index (χ4v) is 3.70. The first-order chi connectivity index (χ1) is 12.2. The molecule has 1 aliphatic carbocycles. The lowest BCUT2D eigenvalue weighted by Crippen LogP contribution is -2.37.